The van der Waals surface area contributed by atoms with Crippen LogP contribution in [0.5, 0.6) is 0 Å². The minimum absolute atomic E-state index is 0. The summed E-state index contributed by atoms with van der Waals surface area (Å²) >= 11 is 0. The Balaban J connectivity index is -0.000000500. The summed E-state index contributed by atoms with van der Waals surface area (Å²) in [5.41, 5.74) is 2.63. The first-order chi connectivity index (χ1) is 5.16. The molecule has 0 rings (SSSR count). The number of aliphatic hydroxyl groups excluding tert-OH is 1. The Morgan fingerprint density at radius 2 is 1.62 bits per heavy atom. The SMILES string of the molecule is CC(C)=CCC/C(C)=C/CO.O.O. The van der Waals surface area contributed by atoms with Crippen LogP contribution in [0.25, 0.3) is 0 Å². The molecule has 0 saturated heterocycles. The summed E-state index contributed by atoms with van der Waals surface area (Å²) in [6.45, 7) is 6.42. The number of allylic oxidation sites excluding steroid dienone is 3. The normalized spacial score (nSPS) is 9.69. The fourth-order valence-corrected chi connectivity index (χ4v) is 0.846. The highest BCUT2D eigenvalue weighted by molar-refractivity contribution is 5.01. The van der Waals surface area contributed by atoms with Crippen molar-refractivity contribution in [1.82, 2.24) is 0 Å². The molecule has 0 unspecified atom stereocenters. The standard InChI is InChI=1S/C10H18O.2H2O/c1-9(2)5-4-6-10(3)7-8-11;;/h5,7,11H,4,6,8H2,1-3H3;2*1H2/b10-7+;;. The predicted octanol–water partition coefficient (Wildman–Crippen LogP) is 1.02. The first-order valence-corrected chi connectivity index (χ1v) is 4.06. The topological polar surface area (TPSA) is 83.2 Å². The molecule has 0 radical (unpaired) electrons. The molecule has 0 spiro atoms. The van der Waals surface area contributed by atoms with Crippen molar-refractivity contribution in [3.8, 4) is 0 Å². The van der Waals surface area contributed by atoms with Crippen LogP contribution in [-0.2, 0) is 0 Å². The number of aliphatic hydroxyl groups is 1. The first-order valence-electron chi connectivity index (χ1n) is 4.06. The Morgan fingerprint density at radius 1 is 1.08 bits per heavy atom. The van der Waals surface area contributed by atoms with Gasteiger partial charge >= 0.3 is 0 Å². The lowest BCUT2D eigenvalue weighted by molar-refractivity contribution is 0.341. The van der Waals surface area contributed by atoms with Crippen molar-refractivity contribution in [2.24, 2.45) is 0 Å². The van der Waals surface area contributed by atoms with Crippen LogP contribution >= 0.6 is 0 Å². The van der Waals surface area contributed by atoms with Gasteiger partial charge in [-0.2, -0.15) is 0 Å². The highest BCUT2D eigenvalue weighted by Gasteiger charge is 1.86. The monoisotopic (exact) mass is 190 g/mol. The maximum atomic E-state index is 8.55. The van der Waals surface area contributed by atoms with Gasteiger partial charge in [-0.1, -0.05) is 23.3 Å². The molecule has 3 nitrogen and oxygen atoms in total. The molecule has 3 heteroatoms. The number of hydrogen-bond donors (Lipinski definition) is 1. The van der Waals surface area contributed by atoms with Crippen LogP contribution in [0.15, 0.2) is 23.3 Å². The average molecular weight is 190 g/mol. The zero-order chi connectivity index (χ0) is 8.69. The van der Waals surface area contributed by atoms with Gasteiger partial charge in [0.25, 0.3) is 0 Å². The van der Waals surface area contributed by atoms with Gasteiger partial charge in [-0.05, 0) is 33.6 Å². The van der Waals surface area contributed by atoms with E-state index >= 15 is 0 Å². The van der Waals surface area contributed by atoms with Gasteiger partial charge in [0.1, 0.15) is 0 Å². The van der Waals surface area contributed by atoms with E-state index in [-0.39, 0.29) is 17.6 Å². The van der Waals surface area contributed by atoms with Crippen LogP contribution < -0.4 is 0 Å². The molecule has 0 aliphatic heterocycles. The fraction of sp³-hybridized carbons (Fsp3) is 0.600. The molecule has 0 aromatic heterocycles. The Labute approximate surface area is 80.4 Å². The van der Waals surface area contributed by atoms with Crippen molar-refractivity contribution >= 4 is 0 Å². The van der Waals surface area contributed by atoms with Gasteiger partial charge in [0.2, 0.25) is 0 Å². The Hall–Kier alpha value is -0.640. The van der Waals surface area contributed by atoms with Crippen molar-refractivity contribution in [3.63, 3.8) is 0 Å². The van der Waals surface area contributed by atoms with Gasteiger partial charge in [0.15, 0.2) is 0 Å². The highest BCUT2D eigenvalue weighted by Crippen LogP contribution is 2.05. The molecule has 0 aromatic carbocycles. The van der Waals surface area contributed by atoms with E-state index < -0.39 is 0 Å². The smallest absolute Gasteiger partial charge is 0.0614 e. The minimum Gasteiger partial charge on any atom is -0.412 e. The number of rotatable bonds is 4. The molecule has 0 aromatic rings. The summed E-state index contributed by atoms with van der Waals surface area (Å²) in [6, 6.07) is 0. The van der Waals surface area contributed by atoms with Gasteiger partial charge in [0.05, 0.1) is 6.61 Å². The molecule has 0 aliphatic rings. The molecule has 0 aliphatic carbocycles. The first kappa shape index (κ1) is 18.2. The third-order valence-corrected chi connectivity index (χ3v) is 1.53. The lowest BCUT2D eigenvalue weighted by Gasteiger charge is -1.96. The summed E-state index contributed by atoms with van der Waals surface area (Å²) in [5.74, 6) is 0. The van der Waals surface area contributed by atoms with Crippen molar-refractivity contribution in [3.05, 3.63) is 23.3 Å². The molecule has 0 heterocycles. The fourth-order valence-electron chi connectivity index (χ4n) is 0.846. The van der Waals surface area contributed by atoms with Crippen LogP contribution in [0.1, 0.15) is 33.6 Å². The van der Waals surface area contributed by atoms with Crippen LogP contribution in [0, 0.1) is 0 Å². The van der Waals surface area contributed by atoms with E-state index in [1.165, 1.54) is 11.1 Å². The van der Waals surface area contributed by atoms with Gasteiger partial charge < -0.3 is 16.1 Å². The maximum absolute atomic E-state index is 8.55. The third kappa shape index (κ3) is 14.2. The van der Waals surface area contributed by atoms with E-state index in [2.05, 4.69) is 26.8 Å². The van der Waals surface area contributed by atoms with E-state index in [0.29, 0.717) is 0 Å². The largest absolute Gasteiger partial charge is 0.412 e. The summed E-state index contributed by atoms with van der Waals surface area (Å²) in [7, 11) is 0. The van der Waals surface area contributed by atoms with Gasteiger partial charge in [-0.3, -0.25) is 0 Å². The van der Waals surface area contributed by atoms with E-state index in [9.17, 15) is 0 Å². The zero-order valence-corrected chi connectivity index (χ0v) is 8.72. The predicted molar refractivity (Wildman–Crippen MR) is 56.7 cm³/mol. The Bertz CT molecular complexity index is 156. The maximum Gasteiger partial charge on any atom is 0.0614 e. The molecule has 0 fully saturated rings. The van der Waals surface area contributed by atoms with Crippen molar-refractivity contribution < 1.29 is 16.1 Å². The summed E-state index contributed by atoms with van der Waals surface area (Å²) in [5, 5.41) is 8.55. The van der Waals surface area contributed by atoms with Crippen LogP contribution in [0.4, 0.5) is 0 Å². The highest BCUT2D eigenvalue weighted by atomic mass is 16.2. The van der Waals surface area contributed by atoms with E-state index in [1.807, 2.05) is 6.08 Å². The second kappa shape index (κ2) is 11.4. The van der Waals surface area contributed by atoms with Gasteiger partial charge in [-0.15, -0.1) is 0 Å². The van der Waals surface area contributed by atoms with Gasteiger partial charge in [0, 0.05) is 0 Å². The molecular weight excluding hydrogens is 168 g/mol. The third-order valence-electron chi connectivity index (χ3n) is 1.53. The second-order valence-electron chi connectivity index (χ2n) is 3.05. The zero-order valence-electron chi connectivity index (χ0n) is 8.72. The molecule has 0 bridgehead atoms. The van der Waals surface area contributed by atoms with Crippen molar-refractivity contribution in [1.29, 1.82) is 0 Å². The summed E-state index contributed by atoms with van der Waals surface area (Å²) < 4.78 is 0. The molecule has 0 atom stereocenters. The summed E-state index contributed by atoms with van der Waals surface area (Å²) in [4.78, 5) is 0. The van der Waals surface area contributed by atoms with Gasteiger partial charge in [-0.25, -0.2) is 0 Å². The molecular formula is C10H22O3. The average Bonchev–Trinajstić information content (AvgIpc) is 1.87. The lowest BCUT2D eigenvalue weighted by Crippen LogP contribution is -1.80. The molecule has 80 valence electrons. The Kier molecular flexibility index (Phi) is 15.9. The van der Waals surface area contributed by atoms with E-state index in [4.69, 9.17) is 5.11 Å². The lowest BCUT2D eigenvalue weighted by atomic mass is 10.1. The molecule has 0 amide bonds. The molecule has 0 saturated carbocycles. The minimum atomic E-state index is 0. The van der Waals surface area contributed by atoms with Crippen molar-refractivity contribution in [2.75, 3.05) is 6.61 Å². The van der Waals surface area contributed by atoms with Crippen LogP contribution in [0.3, 0.4) is 0 Å². The quantitative estimate of drug-likeness (QED) is 0.659. The van der Waals surface area contributed by atoms with E-state index in [1.54, 1.807) is 0 Å². The second-order valence-corrected chi connectivity index (χ2v) is 3.05. The van der Waals surface area contributed by atoms with Crippen LogP contribution in [-0.4, -0.2) is 22.7 Å². The number of hydrogen-bond acceptors (Lipinski definition) is 1. The molecule has 5 N–H and O–H groups in total. The Morgan fingerprint density at radius 3 is 2.00 bits per heavy atom. The van der Waals surface area contributed by atoms with Crippen LogP contribution in [0.2, 0.25) is 0 Å². The summed E-state index contributed by atoms with van der Waals surface area (Å²) in [6.07, 6.45) is 6.23. The van der Waals surface area contributed by atoms with E-state index in [0.717, 1.165) is 12.8 Å². The van der Waals surface area contributed by atoms with Crippen molar-refractivity contribution in [2.45, 2.75) is 33.6 Å². The molecule has 13 heavy (non-hydrogen) atoms.